The first-order valence-corrected chi connectivity index (χ1v) is 4.94. The van der Waals surface area contributed by atoms with Gasteiger partial charge in [0.05, 0.1) is 6.61 Å². The Bertz CT molecular complexity index is 337. The number of nitrogens with zero attached hydrogens (tertiary/aromatic N) is 1. The average molecular weight is 207 g/mol. The molecular formula is C11H17N3O. The van der Waals surface area contributed by atoms with Gasteiger partial charge in [-0.2, -0.15) is 0 Å². The lowest BCUT2D eigenvalue weighted by Crippen LogP contribution is -2.05. The summed E-state index contributed by atoms with van der Waals surface area (Å²) >= 11 is 0. The lowest BCUT2D eigenvalue weighted by molar-refractivity contribution is 0.282. The van der Waals surface area contributed by atoms with E-state index in [1.54, 1.807) is 6.20 Å². The molecule has 0 radical (unpaired) electrons. The molecule has 1 rings (SSSR count). The minimum atomic E-state index is -0.0724. The highest BCUT2D eigenvalue weighted by Crippen LogP contribution is 2.11. The zero-order chi connectivity index (χ0) is 11.1. The highest BCUT2D eigenvalue weighted by Gasteiger charge is 1.98. The Balaban J connectivity index is 2.65. The van der Waals surface area contributed by atoms with Gasteiger partial charge >= 0.3 is 0 Å². The Morgan fingerprint density at radius 1 is 1.60 bits per heavy atom. The first kappa shape index (κ1) is 11.7. The van der Waals surface area contributed by atoms with Crippen LogP contribution in [0.1, 0.15) is 17.5 Å². The third-order valence-electron chi connectivity index (χ3n) is 2.06. The summed E-state index contributed by atoms with van der Waals surface area (Å²) in [6.07, 6.45) is 6.70. The molecular weight excluding hydrogens is 190 g/mol. The van der Waals surface area contributed by atoms with E-state index in [9.17, 15) is 0 Å². The van der Waals surface area contributed by atoms with Crippen LogP contribution in [-0.2, 0) is 6.61 Å². The van der Waals surface area contributed by atoms with Crippen LogP contribution in [0.5, 0.6) is 0 Å². The van der Waals surface area contributed by atoms with E-state index in [-0.39, 0.29) is 6.61 Å². The Labute approximate surface area is 89.8 Å². The summed E-state index contributed by atoms with van der Waals surface area (Å²) in [4.78, 5) is 4.00. The number of nitrogens with one attached hydrogen (secondary N) is 1. The van der Waals surface area contributed by atoms with E-state index in [1.807, 2.05) is 19.2 Å². The quantitative estimate of drug-likeness (QED) is 0.624. The van der Waals surface area contributed by atoms with Crippen molar-refractivity contribution >= 4 is 11.9 Å². The Hall–Kier alpha value is -1.39. The lowest BCUT2D eigenvalue weighted by Gasteiger charge is -2.02. The standard InChI is InChI=1S/C11H17N3O/c1-13-5-3-2-4-9-6-10(8-15)11(12)14-7-9/h2,4,6-7,13,15H,3,5,8H2,1H3,(H2,12,14). The van der Waals surface area contributed by atoms with Gasteiger partial charge < -0.3 is 16.2 Å². The van der Waals surface area contributed by atoms with Crippen LogP contribution in [0.4, 0.5) is 5.82 Å². The van der Waals surface area contributed by atoms with Gasteiger partial charge in [-0.05, 0) is 31.6 Å². The lowest BCUT2D eigenvalue weighted by atomic mass is 10.2. The van der Waals surface area contributed by atoms with Crippen molar-refractivity contribution in [2.45, 2.75) is 13.0 Å². The van der Waals surface area contributed by atoms with E-state index in [0.29, 0.717) is 11.4 Å². The number of anilines is 1. The molecule has 0 atom stereocenters. The summed E-state index contributed by atoms with van der Waals surface area (Å²) in [5.74, 6) is 0.393. The van der Waals surface area contributed by atoms with Gasteiger partial charge in [0.25, 0.3) is 0 Å². The number of hydrogen-bond donors (Lipinski definition) is 3. The van der Waals surface area contributed by atoms with Crippen LogP contribution in [0.25, 0.3) is 6.08 Å². The third-order valence-corrected chi connectivity index (χ3v) is 2.06. The van der Waals surface area contributed by atoms with Crippen molar-refractivity contribution in [3.8, 4) is 0 Å². The number of pyridine rings is 1. The molecule has 0 saturated heterocycles. The van der Waals surface area contributed by atoms with Gasteiger partial charge in [-0.3, -0.25) is 0 Å². The van der Waals surface area contributed by atoms with Crippen LogP contribution >= 0.6 is 0 Å². The third kappa shape index (κ3) is 3.69. The molecule has 0 aliphatic heterocycles. The van der Waals surface area contributed by atoms with Crippen LogP contribution in [0.3, 0.4) is 0 Å². The molecule has 82 valence electrons. The number of hydrogen-bond acceptors (Lipinski definition) is 4. The molecule has 4 nitrogen and oxygen atoms in total. The number of rotatable bonds is 5. The predicted octanol–water partition coefficient (Wildman–Crippen LogP) is 0.779. The zero-order valence-corrected chi connectivity index (χ0v) is 8.90. The van der Waals surface area contributed by atoms with Gasteiger partial charge in [0, 0.05) is 11.8 Å². The van der Waals surface area contributed by atoms with Crippen molar-refractivity contribution in [2.24, 2.45) is 0 Å². The maximum absolute atomic E-state index is 9.00. The SMILES string of the molecule is CNCCC=Cc1cnc(N)c(CO)c1. The fourth-order valence-electron chi connectivity index (χ4n) is 1.20. The van der Waals surface area contributed by atoms with Crippen LogP contribution in [0, 0.1) is 0 Å². The molecule has 0 aromatic carbocycles. The van der Waals surface area contributed by atoms with Crippen molar-refractivity contribution in [3.63, 3.8) is 0 Å². The van der Waals surface area contributed by atoms with E-state index in [4.69, 9.17) is 10.8 Å². The van der Waals surface area contributed by atoms with Gasteiger partial charge in [0.1, 0.15) is 5.82 Å². The molecule has 0 spiro atoms. The number of nitrogen functional groups attached to an aromatic ring is 1. The summed E-state index contributed by atoms with van der Waals surface area (Å²) in [5.41, 5.74) is 7.21. The summed E-state index contributed by atoms with van der Waals surface area (Å²) in [5, 5.41) is 12.1. The smallest absolute Gasteiger partial charge is 0.128 e. The Kier molecular flexibility index (Phi) is 4.80. The van der Waals surface area contributed by atoms with E-state index in [2.05, 4.69) is 16.4 Å². The molecule has 0 unspecified atom stereocenters. The van der Waals surface area contributed by atoms with Crippen LogP contribution in [-0.4, -0.2) is 23.7 Å². The molecule has 0 amide bonds. The molecule has 1 aromatic heterocycles. The van der Waals surface area contributed by atoms with Gasteiger partial charge in [-0.25, -0.2) is 4.98 Å². The molecule has 4 heteroatoms. The van der Waals surface area contributed by atoms with Gasteiger partial charge in [0.2, 0.25) is 0 Å². The van der Waals surface area contributed by atoms with Crippen molar-refractivity contribution in [1.82, 2.24) is 10.3 Å². The topological polar surface area (TPSA) is 71.2 Å². The average Bonchev–Trinajstić information content (AvgIpc) is 2.26. The molecule has 0 aliphatic rings. The predicted molar refractivity (Wildman–Crippen MR) is 62.1 cm³/mol. The summed E-state index contributed by atoms with van der Waals surface area (Å²) in [7, 11) is 1.92. The van der Waals surface area contributed by atoms with Crippen molar-refractivity contribution in [2.75, 3.05) is 19.3 Å². The second-order valence-corrected chi connectivity index (χ2v) is 3.27. The number of aromatic nitrogens is 1. The molecule has 0 fully saturated rings. The summed E-state index contributed by atoms with van der Waals surface area (Å²) < 4.78 is 0. The molecule has 0 aliphatic carbocycles. The zero-order valence-electron chi connectivity index (χ0n) is 8.90. The van der Waals surface area contributed by atoms with Gasteiger partial charge in [0.15, 0.2) is 0 Å². The van der Waals surface area contributed by atoms with Crippen LogP contribution in [0.15, 0.2) is 18.3 Å². The second kappa shape index (κ2) is 6.16. The van der Waals surface area contributed by atoms with Gasteiger partial charge in [-0.15, -0.1) is 0 Å². The molecule has 0 bridgehead atoms. The maximum Gasteiger partial charge on any atom is 0.128 e. The van der Waals surface area contributed by atoms with Gasteiger partial charge in [-0.1, -0.05) is 12.2 Å². The highest BCUT2D eigenvalue weighted by molar-refractivity contribution is 5.53. The summed E-state index contributed by atoms with van der Waals surface area (Å²) in [6.45, 7) is 0.878. The fraction of sp³-hybridized carbons (Fsp3) is 0.364. The normalized spacial score (nSPS) is 11.1. The number of aliphatic hydroxyl groups excluding tert-OH is 1. The largest absolute Gasteiger partial charge is 0.392 e. The number of aliphatic hydroxyl groups is 1. The molecule has 15 heavy (non-hydrogen) atoms. The maximum atomic E-state index is 9.00. The van der Waals surface area contributed by atoms with E-state index in [1.165, 1.54) is 0 Å². The van der Waals surface area contributed by atoms with E-state index in [0.717, 1.165) is 18.5 Å². The van der Waals surface area contributed by atoms with Crippen LogP contribution < -0.4 is 11.1 Å². The first-order chi connectivity index (χ1) is 7.27. The molecule has 1 heterocycles. The van der Waals surface area contributed by atoms with Crippen molar-refractivity contribution < 1.29 is 5.11 Å². The number of nitrogens with two attached hydrogens (primary N) is 1. The molecule has 4 N–H and O–H groups in total. The molecule has 0 saturated carbocycles. The second-order valence-electron chi connectivity index (χ2n) is 3.27. The summed E-state index contributed by atoms with van der Waals surface area (Å²) in [6, 6.07) is 1.85. The van der Waals surface area contributed by atoms with Crippen LogP contribution in [0.2, 0.25) is 0 Å². The monoisotopic (exact) mass is 207 g/mol. The Morgan fingerprint density at radius 2 is 2.40 bits per heavy atom. The minimum absolute atomic E-state index is 0.0724. The van der Waals surface area contributed by atoms with Crippen molar-refractivity contribution in [3.05, 3.63) is 29.5 Å². The van der Waals surface area contributed by atoms with E-state index < -0.39 is 0 Å². The Morgan fingerprint density at radius 3 is 3.07 bits per heavy atom. The highest BCUT2D eigenvalue weighted by atomic mass is 16.3. The van der Waals surface area contributed by atoms with E-state index >= 15 is 0 Å². The fourth-order valence-corrected chi connectivity index (χ4v) is 1.20. The molecule has 1 aromatic rings. The minimum Gasteiger partial charge on any atom is -0.392 e. The first-order valence-electron chi connectivity index (χ1n) is 4.94. The van der Waals surface area contributed by atoms with Crippen molar-refractivity contribution in [1.29, 1.82) is 0 Å².